The average molecular weight is 508 g/mol. The van der Waals surface area contributed by atoms with Crippen LogP contribution in [0.4, 0.5) is 0 Å². The summed E-state index contributed by atoms with van der Waals surface area (Å²) in [6, 6.07) is 3.84. The van der Waals surface area contributed by atoms with Crippen LogP contribution in [0.1, 0.15) is 44.6 Å². The van der Waals surface area contributed by atoms with Crippen LogP contribution in [0.5, 0.6) is 5.75 Å². The number of fused-ring (bicyclic) bond motifs is 1. The van der Waals surface area contributed by atoms with Gasteiger partial charge in [-0.2, -0.15) is 5.10 Å². The van der Waals surface area contributed by atoms with E-state index in [0.29, 0.717) is 17.2 Å². The van der Waals surface area contributed by atoms with Gasteiger partial charge in [-0.1, -0.05) is 12.5 Å². The van der Waals surface area contributed by atoms with E-state index in [1.54, 1.807) is 37.3 Å². The van der Waals surface area contributed by atoms with Crippen LogP contribution in [0.15, 0.2) is 59.9 Å². The first-order valence-electron chi connectivity index (χ1n) is 12.9. The maximum absolute atomic E-state index is 6.43. The van der Waals surface area contributed by atoms with Crippen molar-refractivity contribution in [3.05, 3.63) is 71.7 Å². The third-order valence-corrected chi connectivity index (χ3v) is 6.90. The number of rotatable bonds is 6. The number of aromatic amines is 2. The molecule has 1 fully saturated rings. The van der Waals surface area contributed by atoms with Crippen LogP contribution in [-0.2, 0) is 0 Å². The molecule has 0 spiro atoms. The van der Waals surface area contributed by atoms with Gasteiger partial charge < -0.3 is 19.9 Å². The summed E-state index contributed by atoms with van der Waals surface area (Å²) in [5.74, 6) is 1.40. The number of pyridine rings is 2. The molecule has 0 saturated heterocycles. The molecule has 0 unspecified atom stereocenters. The van der Waals surface area contributed by atoms with Gasteiger partial charge in [-0.25, -0.2) is 4.98 Å². The third-order valence-electron chi connectivity index (χ3n) is 6.90. The molecule has 0 aliphatic heterocycles. The van der Waals surface area contributed by atoms with Crippen molar-refractivity contribution < 1.29 is 9.15 Å². The van der Waals surface area contributed by atoms with Gasteiger partial charge >= 0.3 is 0 Å². The average Bonchev–Trinajstić information content (AvgIpc) is 3.71. The largest absolute Gasteiger partial charge is 0.489 e. The summed E-state index contributed by atoms with van der Waals surface area (Å²) in [6.07, 6.45) is 22.3. The zero-order valence-electron chi connectivity index (χ0n) is 21.1. The number of nitrogens with zero attached hydrogens (tertiary/aromatic N) is 4. The van der Waals surface area contributed by atoms with Gasteiger partial charge in [-0.15, -0.1) is 0 Å². The van der Waals surface area contributed by atoms with Gasteiger partial charge in [0.05, 0.1) is 41.9 Å². The summed E-state index contributed by atoms with van der Waals surface area (Å²) < 4.78 is 11.4. The highest BCUT2D eigenvalue weighted by atomic mass is 16.5. The highest BCUT2D eigenvalue weighted by Crippen LogP contribution is 2.28. The molecule has 9 nitrogen and oxygen atoms in total. The standard InChI is InChI=1S/C29H29N7O2/c1-2-22-25(9-8-24(30)19-12-21(14-31-13-19)38-20-6-4-3-5-7-20)35-36-28(22)29-33-26-16-32-15-23(27(26)34-29)18-10-11-37-17-18/h2,8-17,20,35H,3-7,30H2,1H3,(H,33,34)/b22-2-,24-8-,25-9+. The monoisotopic (exact) mass is 507 g/mol. The minimum Gasteiger partial charge on any atom is -0.489 e. The Morgan fingerprint density at radius 1 is 1.13 bits per heavy atom. The molecule has 4 N–H and O–H groups in total. The third kappa shape index (κ3) is 4.70. The predicted molar refractivity (Wildman–Crippen MR) is 147 cm³/mol. The number of H-pyrrole nitrogens is 2. The summed E-state index contributed by atoms with van der Waals surface area (Å²) in [6.45, 7) is 1.97. The maximum Gasteiger partial charge on any atom is 0.159 e. The van der Waals surface area contributed by atoms with Crippen LogP contribution < -0.4 is 21.0 Å². The lowest BCUT2D eigenvalue weighted by Gasteiger charge is -2.22. The number of aromatic nitrogens is 6. The number of hydrogen-bond acceptors (Lipinski definition) is 7. The molecule has 0 radical (unpaired) electrons. The first-order valence-corrected chi connectivity index (χ1v) is 12.9. The fourth-order valence-electron chi connectivity index (χ4n) is 4.92. The Hall–Kier alpha value is -4.66. The van der Waals surface area contributed by atoms with E-state index in [2.05, 4.69) is 25.1 Å². The maximum atomic E-state index is 6.43. The lowest BCUT2D eigenvalue weighted by atomic mass is 9.98. The summed E-state index contributed by atoms with van der Waals surface area (Å²) in [5.41, 5.74) is 12.0. The van der Waals surface area contributed by atoms with Crippen molar-refractivity contribution in [1.29, 1.82) is 0 Å². The minimum atomic E-state index is 0.258. The van der Waals surface area contributed by atoms with E-state index in [1.165, 1.54) is 19.3 Å². The van der Waals surface area contributed by atoms with Gasteiger partial charge in [-0.3, -0.25) is 15.1 Å². The van der Waals surface area contributed by atoms with Crippen molar-refractivity contribution in [2.24, 2.45) is 5.73 Å². The van der Waals surface area contributed by atoms with Gasteiger partial charge in [0.2, 0.25) is 0 Å². The van der Waals surface area contributed by atoms with Gasteiger partial charge in [0.15, 0.2) is 5.82 Å². The Balaban J connectivity index is 1.30. The van der Waals surface area contributed by atoms with Crippen molar-refractivity contribution in [3.8, 4) is 28.4 Å². The lowest BCUT2D eigenvalue weighted by Crippen LogP contribution is -2.23. The number of ether oxygens (including phenoxy) is 1. The van der Waals surface area contributed by atoms with Gasteiger partial charge in [0.1, 0.15) is 17.0 Å². The van der Waals surface area contributed by atoms with Crippen LogP contribution >= 0.6 is 0 Å². The SMILES string of the molecule is C\C=c1/c(-c2nc3c(-c4ccoc4)cncc3[nH]2)n[nH]/c1=C/C=C(\N)c1cncc(OC2CCCCC2)c1. The minimum absolute atomic E-state index is 0.258. The highest BCUT2D eigenvalue weighted by Gasteiger charge is 2.16. The molecule has 0 bridgehead atoms. The first-order chi connectivity index (χ1) is 18.7. The smallest absolute Gasteiger partial charge is 0.159 e. The van der Waals surface area contributed by atoms with Crippen LogP contribution in [0.2, 0.25) is 0 Å². The van der Waals surface area contributed by atoms with Gasteiger partial charge in [-0.05, 0) is 56.9 Å². The molecule has 0 atom stereocenters. The summed E-state index contributed by atoms with van der Waals surface area (Å²) in [4.78, 5) is 16.9. The van der Waals surface area contributed by atoms with E-state index in [0.717, 1.165) is 56.9 Å². The summed E-state index contributed by atoms with van der Waals surface area (Å²) in [5, 5.41) is 9.40. The van der Waals surface area contributed by atoms with Gasteiger partial charge in [0, 0.05) is 40.0 Å². The second kappa shape index (κ2) is 10.4. The molecular weight excluding hydrogens is 478 g/mol. The highest BCUT2D eigenvalue weighted by molar-refractivity contribution is 5.92. The number of allylic oxidation sites excluding steroid dienone is 1. The zero-order valence-corrected chi connectivity index (χ0v) is 21.1. The molecule has 6 rings (SSSR count). The molecule has 9 heteroatoms. The number of nitrogens with one attached hydrogen (secondary N) is 2. The molecule has 1 saturated carbocycles. The number of furan rings is 1. The van der Waals surface area contributed by atoms with Crippen LogP contribution in [0.3, 0.4) is 0 Å². The Morgan fingerprint density at radius 2 is 2.00 bits per heavy atom. The van der Waals surface area contributed by atoms with Crippen molar-refractivity contribution in [3.63, 3.8) is 0 Å². The summed E-state index contributed by atoms with van der Waals surface area (Å²) in [7, 11) is 0. The molecule has 1 aliphatic rings. The van der Waals surface area contributed by atoms with Crippen molar-refractivity contribution in [1.82, 2.24) is 30.1 Å². The molecule has 38 heavy (non-hydrogen) atoms. The molecule has 192 valence electrons. The van der Waals surface area contributed by atoms with Crippen LogP contribution in [0, 0.1) is 0 Å². The fraction of sp³-hybridized carbons (Fsp3) is 0.241. The Labute approximate surface area is 219 Å². The number of imidazole rings is 1. The quantitative estimate of drug-likeness (QED) is 0.312. The lowest BCUT2D eigenvalue weighted by molar-refractivity contribution is 0.154. The number of hydrogen-bond donors (Lipinski definition) is 3. The Kier molecular flexibility index (Phi) is 6.47. The van der Waals surface area contributed by atoms with E-state index < -0.39 is 0 Å². The predicted octanol–water partition coefficient (Wildman–Crippen LogP) is 4.30. The van der Waals surface area contributed by atoms with Crippen LogP contribution in [-0.4, -0.2) is 36.2 Å². The molecule has 0 amide bonds. The molecular formula is C29H29N7O2. The van der Waals surface area contributed by atoms with E-state index in [4.69, 9.17) is 19.9 Å². The van der Waals surface area contributed by atoms with E-state index >= 15 is 0 Å². The van der Waals surface area contributed by atoms with E-state index in [9.17, 15) is 0 Å². The van der Waals surface area contributed by atoms with Crippen molar-refractivity contribution in [2.45, 2.75) is 45.1 Å². The second-order valence-corrected chi connectivity index (χ2v) is 9.44. The Bertz CT molecular complexity index is 1710. The second-order valence-electron chi connectivity index (χ2n) is 9.44. The van der Waals surface area contributed by atoms with Gasteiger partial charge in [0.25, 0.3) is 0 Å². The summed E-state index contributed by atoms with van der Waals surface area (Å²) >= 11 is 0. The molecule has 5 aromatic rings. The van der Waals surface area contributed by atoms with Crippen LogP contribution in [0.25, 0.3) is 51.5 Å². The first kappa shape index (κ1) is 23.7. The zero-order chi connectivity index (χ0) is 25.9. The number of nitrogens with two attached hydrogens (primary N) is 1. The van der Waals surface area contributed by atoms with E-state index in [1.807, 2.05) is 37.3 Å². The molecule has 0 aromatic carbocycles. The van der Waals surface area contributed by atoms with Crippen molar-refractivity contribution in [2.75, 3.05) is 0 Å². The molecule has 5 aromatic heterocycles. The molecule has 5 heterocycles. The normalized spacial score (nSPS) is 16.0. The topological polar surface area (TPSA) is 132 Å². The van der Waals surface area contributed by atoms with E-state index in [-0.39, 0.29) is 6.10 Å². The fourth-order valence-corrected chi connectivity index (χ4v) is 4.92. The molecule has 1 aliphatic carbocycles. The Morgan fingerprint density at radius 3 is 2.82 bits per heavy atom. The van der Waals surface area contributed by atoms with Crippen molar-refractivity contribution >= 4 is 28.9 Å².